The van der Waals surface area contributed by atoms with Gasteiger partial charge in [-0.1, -0.05) is 23.2 Å². The van der Waals surface area contributed by atoms with Crippen LogP contribution in [0.5, 0.6) is 0 Å². The molecule has 0 fully saturated rings. The molecular formula is C9H4Cl2O. The van der Waals surface area contributed by atoms with Gasteiger partial charge in [-0.3, -0.25) is 4.79 Å². The van der Waals surface area contributed by atoms with Gasteiger partial charge in [0.15, 0.2) is 0 Å². The SMILES string of the molecule is C#CC(=O)c1ccc(Cl)c(Cl)c1. The Morgan fingerprint density at radius 2 is 2.00 bits per heavy atom. The molecule has 0 saturated heterocycles. The number of benzene rings is 1. The van der Waals surface area contributed by atoms with Crippen LogP contribution in [0.3, 0.4) is 0 Å². The molecule has 0 aliphatic carbocycles. The molecule has 0 aliphatic heterocycles. The Labute approximate surface area is 80.3 Å². The first-order valence-electron chi connectivity index (χ1n) is 3.11. The van der Waals surface area contributed by atoms with Crippen molar-refractivity contribution in [1.29, 1.82) is 0 Å². The summed E-state index contributed by atoms with van der Waals surface area (Å²) in [4.78, 5) is 10.9. The summed E-state index contributed by atoms with van der Waals surface area (Å²) < 4.78 is 0. The minimum atomic E-state index is -0.395. The van der Waals surface area contributed by atoms with Crippen molar-refractivity contribution in [2.24, 2.45) is 0 Å². The van der Waals surface area contributed by atoms with Crippen molar-refractivity contribution >= 4 is 29.0 Å². The number of ketones is 1. The second-order valence-electron chi connectivity index (χ2n) is 2.10. The summed E-state index contributed by atoms with van der Waals surface area (Å²) in [6.07, 6.45) is 4.92. The lowest BCUT2D eigenvalue weighted by molar-refractivity contribution is 0.105. The lowest BCUT2D eigenvalue weighted by Gasteiger charge is -1.96. The first kappa shape index (κ1) is 9.12. The predicted molar refractivity (Wildman–Crippen MR) is 49.6 cm³/mol. The maximum absolute atomic E-state index is 10.9. The van der Waals surface area contributed by atoms with Crippen molar-refractivity contribution in [2.45, 2.75) is 0 Å². The van der Waals surface area contributed by atoms with Gasteiger partial charge < -0.3 is 0 Å². The molecule has 1 rings (SSSR count). The highest BCUT2D eigenvalue weighted by Gasteiger charge is 2.04. The molecular weight excluding hydrogens is 195 g/mol. The van der Waals surface area contributed by atoms with Gasteiger partial charge in [0, 0.05) is 5.56 Å². The maximum Gasteiger partial charge on any atom is 0.235 e. The van der Waals surface area contributed by atoms with Crippen LogP contribution in [0.4, 0.5) is 0 Å². The Bertz CT molecular complexity index is 363. The van der Waals surface area contributed by atoms with E-state index in [9.17, 15) is 4.79 Å². The molecule has 0 spiro atoms. The number of hydrogen-bond donors (Lipinski definition) is 0. The summed E-state index contributed by atoms with van der Waals surface area (Å²) in [5.41, 5.74) is 0.381. The number of carbonyl (C=O) groups is 1. The van der Waals surface area contributed by atoms with Crippen molar-refractivity contribution in [3.63, 3.8) is 0 Å². The Hall–Kier alpha value is -0.970. The van der Waals surface area contributed by atoms with Gasteiger partial charge in [0.25, 0.3) is 0 Å². The summed E-state index contributed by atoms with van der Waals surface area (Å²) in [5, 5.41) is 0.739. The number of Topliss-reactive ketones (excluding diaryl/α,β-unsaturated/α-hetero) is 1. The van der Waals surface area contributed by atoms with E-state index in [4.69, 9.17) is 29.6 Å². The highest BCUT2D eigenvalue weighted by molar-refractivity contribution is 6.42. The van der Waals surface area contributed by atoms with E-state index in [0.717, 1.165) is 0 Å². The first-order valence-corrected chi connectivity index (χ1v) is 3.86. The fraction of sp³-hybridized carbons (Fsp3) is 0. The molecule has 0 radical (unpaired) electrons. The van der Waals surface area contributed by atoms with Gasteiger partial charge >= 0.3 is 0 Å². The number of rotatable bonds is 1. The van der Waals surface area contributed by atoms with E-state index < -0.39 is 5.78 Å². The van der Waals surface area contributed by atoms with Crippen LogP contribution in [0.15, 0.2) is 18.2 Å². The third-order valence-corrected chi connectivity index (χ3v) is 2.05. The normalized spacial score (nSPS) is 9.08. The van der Waals surface area contributed by atoms with Gasteiger partial charge in [0.2, 0.25) is 5.78 Å². The Morgan fingerprint density at radius 1 is 1.33 bits per heavy atom. The van der Waals surface area contributed by atoms with Crippen LogP contribution in [-0.4, -0.2) is 5.78 Å². The Balaban J connectivity index is 3.15. The Kier molecular flexibility index (Phi) is 2.75. The third kappa shape index (κ3) is 1.79. The van der Waals surface area contributed by atoms with Gasteiger partial charge in [-0.2, -0.15) is 0 Å². The molecule has 0 saturated carbocycles. The van der Waals surface area contributed by atoms with Crippen LogP contribution in [0, 0.1) is 12.3 Å². The fourth-order valence-electron chi connectivity index (χ4n) is 0.721. The molecule has 0 atom stereocenters. The van der Waals surface area contributed by atoms with E-state index in [-0.39, 0.29) is 0 Å². The zero-order valence-electron chi connectivity index (χ0n) is 5.97. The van der Waals surface area contributed by atoms with E-state index in [1.165, 1.54) is 18.2 Å². The van der Waals surface area contributed by atoms with Gasteiger partial charge in [0.05, 0.1) is 10.0 Å². The lowest BCUT2D eigenvalue weighted by atomic mass is 10.1. The topological polar surface area (TPSA) is 17.1 Å². The number of terminal acetylenes is 1. The minimum Gasteiger partial charge on any atom is -0.279 e. The molecule has 1 aromatic rings. The van der Waals surface area contributed by atoms with Gasteiger partial charge in [-0.15, -0.1) is 6.42 Å². The first-order chi connectivity index (χ1) is 5.65. The molecule has 0 aromatic heterocycles. The molecule has 1 aromatic carbocycles. The zero-order valence-corrected chi connectivity index (χ0v) is 7.49. The van der Waals surface area contributed by atoms with E-state index >= 15 is 0 Å². The van der Waals surface area contributed by atoms with Crippen LogP contribution < -0.4 is 0 Å². The molecule has 12 heavy (non-hydrogen) atoms. The van der Waals surface area contributed by atoms with Gasteiger partial charge in [0.1, 0.15) is 0 Å². The molecule has 0 amide bonds. The van der Waals surface area contributed by atoms with Crippen LogP contribution in [-0.2, 0) is 0 Å². The van der Waals surface area contributed by atoms with Crippen molar-refractivity contribution in [3.8, 4) is 12.3 Å². The molecule has 3 heteroatoms. The smallest absolute Gasteiger partial charge is 0.235 e. The summed E-state index contributed by atoms with van der Waals surface area (Å²) in [6.45, 7) is 0. The van der Waals surface area contributed by atoms with Gasteiger partial charge in [-0.25, -0.2) is 0 Å². The molecule has 1 nitrogen and oxygen atoms in total. The molecule has 60 valence electrons. The van der Waals surface area contributed by atoms with Crippen LogP contribution in [0.1, 0.15) is 10.4 Å². The number of halogens is 2. The van der Waals surface area contributed by atoms with Crippen molar-refractivity contribution in [2.75, 3.05) is 0 Å². The molecule has 0 bridgehead atoms. The van der Waals surface area contributed by atoms with Crippen LogP contribution in [0.2, 0.25) is 10.0 Å². The average molecular weight is 199 g/mol. The van der Waals surface area contributed by atoms with Crippen molar-refractivity contribution in [1.82, 2.24) is 0 Å². The molecule has 0 N–H and O–H groups in total. The van der Waals surface area contributed by atoms with E-state index in [1.807, 2.05) is 5.92 Å². The third-order valence-electron chi connectivity index (χ3n) is 1.31. The standard InChI is InChI=1S/C9H4Cl2O/c1-2-9(12)6-3-4-7(10)8(11)5-6/h1,3-5H. The summed E-state index contributed by atoms with van der Waals surface area (Å²) >= 11 is 11.3. The minimum absolute atomic E-state index is 0.331. The van der Waals surface area contributed by atoms with Crippen LogP contribution >= 0.6 is 23.2 Å². The highest BCUT2D eigenvalue weighted by atomic mass is 35.5. The van der Waals surface area contributed by atoms with Gasteiger partial charge in [-0.05, 0) is 24.1 Å². The Morgan fingerprint density at radius 3 is 2.50 bits per heavy atom. The maximum atomic E-state index is 10.9. The second kappa shape index (κ2) is 3.62. The lowest BCUT2D eigenvalue weighted by Crippen LogP contribution is -1.93. The average Bonchev–Trinajstić information content (AvgIpc) is 2.08. The fourth-order valence-corrected chi connectivity index (χ4v) is 1.02. The summed E-state index contributed by atoms with van der Waals surface area (Å²) in [5.74, 6) is 1.59. The van der Waals surface area contributed by atoms with E-state index in [1.54, 1.807) is 0 Å². The zero-order chi connectivity index (χ0) is 9.14. The summed E-state index contributed by atoms with van der Waals surface area (Å²) in [6, 6.07) is 4.52. The van der Waals surface area contributed by atoms with Crippen molar-refractivity contribution in [3.05, 3.63) is 33.8 Å². The van der Waals surface area contributed by atoms with Crippen molar-refractivity contribution < 1.29 is 4.79 Å². The monoisotopic (exact) mass is 198 g/mol. The quantitative estimate of drug-likeness (QED) is 0.386. The second-order valence-corrected chi connectivity index (χ2v) is 2.92. The van der Waals surface area contributed by atoms with E-state index in [0.29, 0.717) is 15.6 Å². The number of hydrogen-bond acceptors (Lipinski definition) is 1. The van der Waals surface area contributed by atoms with Crippen LogP contribution in [0.25, 0.3) is 0 Å². The highest BCUT2D eigenvalue weighted by Crippen LogP contribution is 2.22. The largest absolute Gasteiger partial charge is 0.279 e. The molecule has 0 aliphatic rings. The molecule has 0 heterocycles. The molecule has 0 unspecified atom stereocenters. The predicted octanol–water partition coefficient (Wildman–Crippen LogP) is 2.81. The van der Waals surface area contributed by atoms with E-state index in [2.05, 4.69) is 0 Å². The number of carbonyl (C=O) groups excluding carboxylic acids is 1. The summed E-state index contributed by atoms with van der Waals surface area (Å²) in [7, 11) is 0.